The van der Waals surface area contributed by atoms with Gasteiger partial charge in [-0.25, -0.2) is 4.39 Å². The first-order chi connectivity index (χ1) is 9.69. The van der Waals surface area contributed by atoms with Crippen LogP contribution in [0.3, 0.4) is 0 Å². The van der Waals surface area contributed by atoms with E-state index in [-0.39, 0.29) is 11.9 Å². The minimum Gasteiger partial charge on any atom is -0.312 e. The van der Waals surface area contributed by atoms with E-state index in [9.17, 15) is 4.39 Å². The van der Waals surface area contributed by atoms with Gasteiger partial charge in [0.1, 0.15) is 5.82 Å². The molecule has 104 valence electrons. The third kappa shape index (κ3) is 2.61. The van der Waals surface area contributed by atoms with Crippen molar-refractivity contribution < 1.29 is 4.39 Å². The Morgan fingerprint density at radius 3 is 2.85 bits per heavy atom. The number of fused-ring (bicyclic) bond motifs is 1. The predicted octanol–water partition coefficient (Wildman–Crippen LogP) is 5.26. The van der Waals surface area contributed by atoms with Crippen LogP contribution in [0.5, 0.6) is 0 Å². The highest BCUT2D eigenvalue weighted by atomic mass is 35.5. The lowest BCUT2D eigenvalue weighted by atomic mass is 10.0. The summed E-state index contributed by atoms with van der Waals surface area (Å²) in [6.07, 6.45) is 0.551. The van der Waals surface area contributed by atoms with E-state index in [1.165, 1.54) is 20.3 Å². The molecule has 3 aromatic rings. The molecule has 5 heteroatoms. The number of benzene rings is 1. The molecule has 1 nitrogen and oxygen atoms in total. The van der Waals surface area contributed by atoms with Gasteiger partial charge in [0.15, 0.2) is 0 Å². The number of thiophene rings is 2. The molecule has 1 N–H and O–H groups in total. The molecule has 0 aliphatic rings. The molecule has 0 radical (unpaired) electrons. The summed E-state index contributed by atoms with van der Waals surface area (Å²) in [6.45, 7) is 0. The van der Waals surface area contributed by atoms with E-state index in [0.29, 0.717) is 17.0 Å². The second kappa shape index (κ2) is 5.82. The average Bonchev–Trinajstić information content (AvgIpc) is 2.99. The Bertz CT molecular complexity index is 686. The quantitative estimate of drug-likeness (QED) is 0.690. The van der Waals surface area contributed by atoms with Gasteiger partial charge in [0, 0.05) is 30.9 Å². The topological polar surface area (TPSA) is 12.0 Å². The van der Waals surface area contributed by atoms with Crippen molar-refractivity contribution in [3.05, 3.63) is 57.0 Å². The zero-order valence-corrected chi connectivity index (χ0v) is 13.2. The second-order valence-electron chi connectivity index (χ2n) is 4.54. The molecular weight excluding hydrogens is 313 g/mol. The second-order valence-corrected chi connectivity index (χ2v) is 7.01. The summed E-state index contributed by atoms with van der Waals surface area (Å²) >= 11 is 9.59. The number of hydrogen-bond donors (Lipinski definition) is 1. The van der Waals surface area contributed by atoms with Gasteiger partial charge in [-0.15, -0.1) is 22.7 Å². The summed E-state index contributed by atoms with van der Waals surface area (Å²) in [5.41, 5.74) is 0.574. The molecule has 1 atom stereocenters. The first-order valence-corrected chi connectivity index (χ1v) is 8.33. The molecule has 3 rings (SSSR count). The van der Waals surface area contributed by atoms with E-state index in [0.717, 1.165) is 0 Å². The molecule has 20 heavy (non-hydrogen) atoms. The maximum Gasteiger partial charge on any atom is 0.127 e. The molecule has 2 heterocycles. The predicted molar refractivity (Wildman–Crippen MR) is 86.6 cm³/mol. The highest BCUT2D eigenvalue weighted by molar-refractivity contribution is 7.26. The SMILES string of the molecule is CNC(Cc1c(F)cccc1Cl)c1cc2sccc2s1. The van der Waals surface area contributed by atoms with Crippen molar-refractivity contribution in [1.82, 2.24) is 5.32 Å². The normalized spacial score (nSPS) is 12.9. The van der Waals surface area contributed by atoms with E-state index >= 15 is 0 Å². The minimum atomic E-state index is -0.240. The molecule has 0 fully saturated rings. The standard InChI is InChI=1S/C15H13ClFNS2/c1-18-12(7-9-10(16)3-2-4-11(9)17)14-8-15-13(20-14)5-6-19-15/h2-6,8,12,18H,7H2,1H3. The van der Waals surface area contributed by atoms with Gasteiger partial charge in [0.2, 0.25) is 0 Å². The fourth-order valence-corrected chi connectivity index (χ4v) is 4.70. The molecule has 0 aliphatic carbocycles. The first-order valence-electron chi connectivity index (χ1n) is 6.26. The van der Waals surface area contributed by atoms with E-state index in [1.54, 1.807) is 34.8 Å². The summed E-state index contributed by atoms with van der Waals surface area (Å²) in [5, 5.41) is 5.84. The molecule has 0 saturated heterocycles. The Labute approximate surface area is 130 Å². The largest absolute Gasteiger partial charge is 0.312 e. The van der Waals surface area contributed by atoms with Crippen LogP contribution in [-0.2, 0) is 6.42 Å². The van der Waals surface area contributed by atoms with Gasteiger partial charge in [-0.2, -0.15) is 0 Å². The minimum absolute atomic E-state index is 0.0778. The van der Waals surface area contributed by atoms with Crippen LogP contribution in [0.1, 0.15) is 16.5 Å². The molecule has 0 spiro atoms. The molecule has 0 saturated carbocycles. The third-order valence-electron chi connectivity index (χ3n) is 3.32. The van der Waals surface area contributed by atoms with Crippen LogP contribution in [0.2, 0.25) is 5.02 Å². The maximum absolute atomic E-state index is 13.9. The van der Waals surface area contributed by atoms with Crippen LogP contribution in [0.4, 0.5) is 4.39 Å². The van der Waals surface area contributed by atoms with Crippen molar-refractivity contribution in [1.29, 1.82) is 0 Å². The highest BCUT2D eigenvalue weighted by Crippen LogP contribution is 2.35. The lowest BCUT2D eigenvalue weighted by Crippen LogP contribution is -2.18. The smallest absolute Gasteiger partial charge is 0.127 e. The van der Waals surface area contributed by atoms with Crippen LogP contribution in [0, 0.1) is 5.82 Å². The molecular formula is C15H13ClFNS2. The molecule has 0 aliphatic heterocycles. The molecule has 1 unspecified atom stereocenters. The van der Waals surface area contributed by atoms with Crippen LogP contribution in [0.15, 0.2) is 35.7 Å². The molecule has 1 aromatic carbocycles. The number of hydrogen-bond acceptors (Lipinski definition) is 3. The Morgan fingerprint density at radius 1 is 1.30 bits per heavy atom. The van der Waals surface area contributed by atoms with Crippen LogP contribution >= 0.6 is 34.3 Å². The first kappa shape index (κ1) is 14.0. The zero-order chi connectivity index (χ0) is 14.1. The van der Waals surface area contributed by atoms with E-state index in [2.05, 4.69) is 22.8 Å². The summed E-state index contributed by atoms with van der Waals surface area (Å²) in [7, 11) is 1.90. The van der Waals surface area contributed by atoms with Gasteiger partial charge in [-0.3, -0.25) is 0 Å². The van der Waals surface area contributed by atoms with E-state index < -0.39 is 0 Å². The van der Waals surface area contributed by atoms with Gasteiger partial charge < -0.3 is 5.32 Å². The van der Waals surface area contributed by atoms with Gasteiger partial charge >= 0.3 is 0 Å². The molecule has 0 amide bonds. The number of halogens is 2. The van der Waals surface area contributed by atoms with Crippen molar-refractivity contribution in [2.45, 2.75) is 12.5 Å². The van der Waals surface area contributed by atoms with Crippen LogP contribution in [-0.4, -0.2) is 7.05 Å². The number of nitrogens with one attached hydrogen (secondary N) is 1. The van der Waals surface area contributed by atoms with Gasteiger partial charge in [-0.1, -0.05) is 17.7 Å². The maximum atomic E-state index is 13.9. The zero-order valence-electron chi connectivity index (χ0n) is 10.8. The Balaban J connectivity index is 1.92. The number of rotatable bonds is 4. The van der Waals surface area contributed by atoms with E-state index in [4.69, 9.17) is 11.6 Å². The van der Waals surface area contributed by atoms with Crippen molar-refractivity contribution >= 4 is 43.7 Å². The lowest BCUT2D eigenvalue weighted by molar-refractivity contribution is 0.560. The Kier molecular flexibility index (Phi) is 4.08. The van der Waals surface area contributed by atoms with Crippen molar-refractivity contribution in [2.24, 2.45) is 0 Å². The summed E-state index contributed by atoms with van der Waals surface area (Å²) in [4.78, 5) is 1.22. The fourth-order valence-electron chi connectivity index (χ4n) is 2.23. The molecule has 2 aromatic heterocycles. The van der Waals surface area contributed by atoms with Gasteiger partial charge in [0.05, 0.1) is 0 Å². The lowest BCUT2D eigenvalue weighted by Gasteiger charge is -2.16. The van der Waals surface area contributed by atoms with Gasteiger partial charge in [0.25, 0.3) is 0 Å². The molecule has 0 bridgehead atoms. The van der Waals surface area contributed by atoms with Crippen molar-refractivity contribution in [2.75, 3.05) is 7.05 Å². The summed E-state index contributed by atoms with van der Waals surface area (Å²) < 4.78 is 16.5. The van der Waals surface area contributed by atoms with E-state index in [1.807, 2.05) is 7.05 Å². The Morgan fingerprint density at radius 2 is 2.15 bits per heavy atom. The highest BCUT2D eigenvalue weighted by Gasteiger charge is 2.17. The van der Waals surface area contributed by atoms with Gasteiger partial charge in [-0.05, 0) is 43.1 Å². The van der Waals surface area contributed by atoms with Crippen molar-refractivity contribution in [3.8, 4) is 0 Å². The average molecular weight is 326 g/mol. The monoisotopic (exact) mass is 325 g/mol. The summed E-state index contributed by atoms with van der Waals surface area (Å²) in [6, 6.07) is 9.21. The number of likely N-dealkylation sites (N-methyl/N-ethyl adjacent to an activating group) is 1. The fraction of sp³-hybridized carbons (Fsp3) is 0.200. The van der Waals surface area contributed by atoms with Crippen LogP contribution in [0.25, 0.3) is 9.40 Å². The van der Waals surface area contributed by atoms with Crippen LogP contribution < -0.4 is 5.32 Å². The van der Waals surface area contributed by atoms with Crippen molar-refractivity contribution in [3.63, 3.8) is 0 Å². The third-order valence-corrected chi connectivity index (χ3v) is 5.88. The Hall–Kier alpha value is -0.940. The summed E-state index contributed by atoms with van der Waals surface area (Å²) in [5.74, 6) is -0.240.